The van der Waals surface area contributed by atoms with Crippen molar-refractivity contribution in [1.82, 2.24) is 0 Å². The van der Waals surface area contributed by atoms with Crippen molar-refractivity contribution in [2.75, 3.05) is 0 Å². The predicted molar refractivity (Wildman–Crippen MR) is 79.7 cm³/mol. The molecule has 0 bridgehead atoms. The number of hydrogen-bond acceptors (Lipinski definition) is 2. The predicted octanol–water partition coefficient (Wildman–Crippen LogP) is 4.46. The first-order valence-electron chi connectivity index (χ1n) is 7.23. The van der Waals surface area contributed by atoms with E-state index in [0.717, 1.165) is 0 Å². The SMILES string of the molecule is C=C=C/C=C/[C@@H]1[C@@H](C(=O)OCc2c(F)c(F)cc(F)c2F)C1(C)C. The van der Waals surface area contributed by atoms with Gasteiger partial charge in [0.2, 0.25) is 0 Å². The number of carbonyl (C=O) groups excluding carboxylic acids is 1. The highest BCUT2D eigenvalue weighted by Gasteiger charge is 2.61. The van der Waals surface area contributed by atoms with Gasteiger partial charge in [0.1, 0.15) is 6.61 Å². The van der Waals surface area contributed by atoms with Gasteiger partial charge >= 0.3 is 5.97 Å². The maximum atomic E-state index is 13.5. The minimum atomic E-state index is -1.57. The lowest BCUT2D eigenvalue weighted by atomic mass is 10.1. The molecule has 0 N–H and O–H groups in total. The van der Waals surface area contributed by atoms with E-state index in [0.29, 0.717) is 0 Å². The Kier molecular flexibility index (Phi) is 4.99. The van der Waals surface area contributed by atoms with E-state index in [1.54, 1.807) is 18.2 Å². The first-order valence-corrected chi connectivity index (χ1v) is 7.23. The van der Waals surface area contributed by atoms with Gasteiger partial charge in [-0.2, -0.15) is 0 Å². The van der Waals surface area contributed by atoms with Crippen molar-refractivity contribution in [2.24, 2.45) is 17.3 Å². The van der Waals surface area contributed by atoms with Gasteiger partial charge in [-0.1, -0.05) is 32.6 Å². The smallest absolute Gasteiger partial charge is 0.310 e. The Morgan fingerprint density at radius 2 is 1.88 bits per heavy atom. The molecular weight excluding hydrogens is 324 g/mol. The lowest BCUT2D eigenvalue weighted by Crippen LogP contribution is -2.13. The number of benzene rings is 1. The summed E-state index contributed by atoms with van der Waals surface area (Å²) >= 11 is 0. The highest BCUT2D eigenvalue weighted by molar-refractivity contribution is 5.78. The first kappa shape index (κ1) is 18.0. The fourth-order valence-electron chi connectivity index (χ4n) is 2.71. The zero-order chi connectivity index (χ0) is 18.1. The second-order valence-electron chi connectivity index (χ2n) is 6.13. The fraction of sp³-hybridized carbons (Fsp3) is 0.333. The van der Waals surface area contributed by atoms with Gasteiger partial charge < -0.3 is 4.74 Å². The van der Waals surface area contributed by atoms with Crippen molar-refractivity contribution in [3.05, 3.63) is 65.4 Å². The number of hydrogen-bond donors (Lipinski definition) is 0. The quantitative estimate of drug-likeness (QED) is 0.260. The van der Waals surface area contributed by atoms with Gasteiger partial charge in [-0.05, 0) is 17.4 Å². The van der Waals surface area contributed by atoms with Crippen molar-refractivity contribution >= 4 is 5.97 Å². The van der Waals surface area contributed by atoms with Gasteiger partial charge in [0.05, 0.1) is 11.5 Å². The van der Waals surface area contributed by atoms with Crippen LogP contribution in [0.5, 0.6) is 0 Å². The van der Waals surface area contributed by atoms with Crippen LogP contribution in [0.1, 0.15) is 19.4 Å². The standard InChI is InChI=1S/C18H16F4O2/c1-4-5-6-7-11-14(18(11,2)3)17(23)24-9-10-15(21)12(19)8-13(20)16(10)22/h5-8,11,14H,1,9H2,2-3H3/b7-6+/t11-,14+/m1/s1. The number of ether oxygens (including phenoxy) is 1. The van der Waals surface area contributed by atoms with Gasteiger partial charge in [-0.25, -0.2) is 17.6 Å². The number of halogens is 4. The summed E-state index contributed by atoms with van der Waals surface area (Å²) in [5.74, 6) is -7.51. The summed E-state index contributed by atoms with van der Waals surface area (Å²) in [7, 11) is 0. The van der Waals surface area contributed by atoms with Crippen molar-refractivity contribution in [2.45, 2.75) is 20.5 Å². The molecule has 0 aliphatic heterocycles. The van der Waals surface area contributed by atoms with Crippen LogP contribution in [0, 0.1) is 40.5 Å². The monoisotopic (exact) mass is 340 g/mol. The Labute approximate surface area is 137 Å². The summed E-state index contributed by atoms with van der Waals surface area (Å²) in [6.07, 6.45) is 5.05. The molecule has 0 amide bonds. The lowest BCUT2D eigenvalue weighted by Gasteiger charge is -2.09. The maximum Gasteiger partial charge on any atom is 0.310 e. The van der Waals surface area contributed by atoms with Crippen LogP contribution >= 0.6 is 0 Å². The van der Waals surface area contributed by atoms with Gasteiger partial charge in [-0.3, -0.25) is 4.79 Å². The van der Waals surface area contributed by atoms with E-state index < -0.39 is 47.3 Å². The fourth-order valence-corrected chi connectivity index (χ4v) is 2.71. The van der Waals surface area contributed by atoms with E-state index >= 15 is 0 Å². The van der Waals surface area contributed by atoms with E-state index in [1.807, 2.05) is 13.8 Å². The van der Waals surface area contributed by atoms with Gasteiger partial charge in [0.25, 0.3) is 0 Å². The van der Waals surface area contributed by atoms with Crippen LogP contribution in [0.15, 0.2) is 36.6 Å². The Balaban J connectivity index is 2.09. The number of carbonyl (C=O) groups is 1. The van der Waals surface area contributed by atoms with E-state index in [-0.39, 0.29) is 17.4 Å². The third-order valence-corrected chi connectivity index (χ3v) is 4.26. The third-order valence-electron chi connectivity index (χ3n) is 4.26. The molecule has 1 aromatic carbocycles. The minimum absolute atomic E-state index is 0.105. The number of rotatable bonds is 5. The first-order chi connectivity index (χ1) is 11.2. The third kappa shape index (κ3) is 3.29. The van der Waals surface area contributed by atoms with Crippen molar-refractivity contribution < 1.29 is 27.1 Å². The molecule has 0 spiro atoms. The van der Waals surface area contributed by atoms with Gasteiger partial charge in [-0.15, -0.1) is 5.73 Å². The van der Waals surface area contributed by atoms with Crippen LogP contribution in [-0.2, 0) is 16.1 Å². The molecule has 1 aliphatic rings. The molecule has 1 fully saturated rings. The summed E-state index contributed by atoms with van der Waals surface area (Å²) in [6, 6.07) is 0.105. The molecular formula is C18H16F4O2. The number of allylic oxidation sites excluding steroid dienone is 3. The summed E-state index contributed by atoms with van der Waals surface area (Å²) < 4.78 is 58.2. The Hall–Kier alpha value is -2.33. The van der Waals surface area contributed by atoms with Crippen LogP contribution in [0.25, 0.3) is 0 Å². The van der Waals surface area contributed by atoms with E-state index in [2.05, 4.69) is 12.3 Å². The zero-order valence-electron chi connectivity index (χ0n) is 13.2. The van der Waals surface area contributed by atoms with Crippen LogP contribution < -0.4 is 0 Å². The molecule has 1 aromatic rings. The molecule has 1 saturated carbocycles. The average Bonchev–Trinajstić information content (AvgIpc) is 3.06. The zero-order valence-corrected chi connectivity index (χ0v) is 13.2. The second-order valence-corrected chi connectivity index (χ2v) is 6.13. The normalized spacial score (nSPS) is 21.4. The average molecular weight is 340 g/mol. The summed E-state index contributed by atoms with van der Waals surface area (Å²) in [4.78, 5) is 12.1. The van der Waals surface area contributed by atoms with Crippen LogP contribution in [0.4, 0.5) is 17.6 Å². The highest BCUT2D eigenvalue weighted by atomic mass is 19.2. The molecule has 2 atom stereocenters. The molecule has 6 heteroatoms. The van der Waals surface area contributed by atoms with Crippen LogP contribution in [-0.4, -0.2) is 5.97 Å². The Morgan fingerprint density at radius 1 is 1.29 bits per heavy atom. The molecule has 24 heavy (non-hydrogen) atoms. The Morgan fingerprint density at radius 3 is 2.42 bits per heavy atom. The summed E-state index contributed by atoms with van der Waals surface area (Å²) in [5.41, 5.74) is 1.23. The Bertz CT molecular complexity index is 720. The highest BCUT2D eigenvalue weighted by Crippen LogP contribution is 2.59. The molecule has 0 radical (unpaired) electrons. The van der Waals surface area contributed by atoms with Gasteiger partial charge in [0, 0.05) is 6.07 Å². The molecule has 0 unspecified atom stereocenters. The van der Waals surface area contributed by atoms with E-state index in [9.17, 15) is 22.4 Å². The number of esters is 1. The van der Waals surface area contributed by atoms with E-state index in [1.165, 1.54) is 0 Å². The molecule has 0 saturated heterocycles. The summed E-state index contributed by atoms with van der Waals surface area (Å²) in [6.45, 7) is 6.22. The van der Waals surface area contributed by atoms with Crippen molar-refractivity contribution in [1.29, 1.82) is 0 Å². The van der Waals surface area contributed by atoms with Crippen molar-refractivity contribution in [3.8, 4) is 0 Å². The van der Waals surface area contributed by atoms with Crippen LogP contribution in [0.2, 0.25) is 0 Å². The molecule has 0 aromatic heterocycles. The lowest BCUT2D eigenvalue weighted by molar-refractivity contribution is -0.147. The second kappa shape index (κ2) is 6.65. The van der Waals surface area contributed by atoms with Crippen molar-refractivity contribution in [3.63, 3.8) is 0 Å². The topological polar surface area (TPSA) is 26.3 Å². The molecule has 128 valence electrons. The van der Waals surface area contributed by atoms with E-state index in [4.69, 9.17) is 4.74 Å². The molecule has 2 nitrogen and oxygen atoms in total. The molecule has 1 aliphatic carbocycles. The molecule has 2 rings (SSSR count). The maximum absolute atomic E-state index is 13.5. The van der Waals surface area contributed by atoms with Crippen LogP contribution in [0.3, 0.4) is 0 Å². The molecule has 0 heterocycles. The largest absolute Gasteiger partial charge is 0.460 e. The van der Waals surface area contributed by atoms with Gasteiger partial charge in [0.15, 0.2) is 23.3 Å². The minimum Gasteiger partial charge on any atom is -0.460 e. The summed E-state index contributed by atoms with van der Waals surface area (Å²) in [5, 5.41) is 0.